The highest BCUT2D eigenvalue weighted by molar-refractivity contribution is 7.07. The number of nitrogens with zero attached hydrogens (tertiary/aromatic N) is 1. The van der Waals surface area contributed by atoms with E-state index in [-0.39, 0.29) is 22.9 Å². The first kappa shape index (κ1) is 12.7. The molecule has 0 radical (unpaired) electrons. The highest BCUT2D eigenvalue weighted by Crippen LogP contribution is 2.08. The van der Waals surface area contributed by atoms with Crippen molar-refractivity contribution in [2.45, 2.75) is 19.9 Å². The van der Waals surface area contributed by atoms with E-state index in [4.69, 9.17) is 0 Å². The second-order valence-corrected chi connectivity index (χ2v) is 4.80. The third-order valence-electron chi connectivity index (χ3n) is 2.71. The molecule has 0 atom stereocenters. The fourth-order valence-electron chi connectivity index (χ4n) is 1.67. The Morgan fingerprint density at radius 3 is 2.56 bits per heavy atom. The summed E-state index contributed by atoms with van der Waals surface area (Å²) in [7, 11) is 0. The summed E-state index contributed by atoms with van der Waals surface area (Å²) in [6.07, 6.45) is 0.239. The highest BCUT2D eigenvalue weighted by atomic mass is 32.1. The molecule has 18 heavy (non-hydrogen) atoms. The van der Waals surface area contributed by atoms with Gasteiger partial charge in [-0.2, -0.15) is 0 Å². The van der Waals surface area contributed by atoms with Crippen molar-refractivity contribution in [2.24, 2.45) is 0 Å². The third-order valence-corrected chi connectivity index (χ3v) is 3.59. The lowest BCUT2D eigenvalue weighted by Crippen LogP contribution is -2.17. The van der Waals surface area contributed by atoms with Crippen molar-refractivity contribution in [3.8, 4) is 0 Å². The van der Waals surface area contributed by atoms with Crippen LogP contribution in [-0.2, 0) is 6.54 Å². The van der Waals surface area contributed by atoms with Crippen LogP contribution in [0.3, 0.4) is 0 Å². The minimum Gasteiger partial charge on any atom is -0.303 e. The van der Waals surface area contributed by atoms with Crippen molar-refractivity contribution in [2.75, 3.05) is 0 Å². The Kier molecular flexibility index (Phi) is 3.72. The molecule has 94 valence electrons. The lowest BCUT2D eigenvalue weighted by atomic mass is 10.1. The van der Waals surface area contributed by atoms with E-state index in [0.717, 1.165) is 17.0 Å². The molecule has 0 unspecified atom stereocenters. The van der Waals surface area contributed by atoms with Gasteiger partial charge in [-0.15, -0.1) is 0 Å². The Balaban J connectivity index is 2.05. The molecule has 0 aliphatic heterocycles. The summed E-state index contributed by atoms with van der Waals surface area (Å²) in [6, 6.07) is 5.44. The molecule has 5 heteroatoms. The van der Waals surface area contributed by atoms with Gasteiger partial charge in [0.1, 0.15) is 5.82 Å². The highest BCUT2D eigenvalue weighted by Gasteiger charge is 2.08. The number of aromatic nitrogens is 1. The second-order valence-electron chi connectivity index (χ2n) is 3.97. The first-order valence-corrected chi connectivity index (χ1v) is 6.39. The van der Waals surface area contributed by atoms with Crippen LogP contribution in [0, 0.1) is 12.7 Å². The fraction of sp³-hybridized carbons (Fsp3) is 0.231. The van der Waals surface area contributed by atoms with Gasteiger partial charge in [0, 0.05) is 29.6 Å². The van der Waals surface area contributed by atoms with Crippen molar-refractivity contribution in [3.63, 3.8) is 0 Å². The zero-order valence-corrected chi connectivity index (χ0v) is 10.7. The van der Waals surface area contributed by atoms with Gasteiger partial charge < -0.3 is 4.57 Å². The van der Waals surface area contributed by atoms with Crippen molar-refractivity contribution in [1.29, 1.82) is 0 Å². The molecule has 0 N–H and O–H groups in total. The molecule has 0 aliphatic carbocycles. The fourth-order valence-corrected chi connectivity index (χ4v) is 2.43. The van der Waals surface area contributed by atoms with Crippen LogP contribution < -0.4 is 4.87 Å². The predicted octanol–water partition coefficient (Wildman–Crippen LogP) is 2.63. The van der Waals surface area contributed by atoms with Gasteiger partial charge >= 0.3 is 4.87 Å². The van der Waals surface area contributed by atoms with E-state index in [1.807, 2.05) is 6.92 Å². The molecule has 3 nitrogen and oxygen atoms in total. The summed E-state index contributed by atoms with van der Waals surface area (Å²) in [5.74, 6) is -0.455. The molecular formula is C13H12FNO2S. The number of rotatable bonds is 4. The number of hydrogen-bond acceptors (Lipinski definition) is 3. The number of aryl methyl sites for hydroxylation is 1. The van der Waals surface area contributed by atoms with Crippen molar-refractivity contribution in [3.05, 3.63) is 56.4 Å². The predicted molar refractivity (Wildman–Crippen MR) is 68.7 cm³/mol. The average molecular weight is 265 g/mol. The molecule has 2 aromatic rings. The minimum atomic E-state index is -0.364. The standard InChI is InChI=1S/C13H12FNO2S/c1-9-8-18-13(17)15(9)7-6-12(16)10-2-4-11(14)5-3-10/h2-5,8H,6-7H2,1H3. The zero-order valence-electron chi connectivity index (χ0n) is 9.85. The number of ketones is 1. The average Bonchev–Trinajstić information content (AvgIpc) is 2.67. The van der Waals surface area contributed by atoms with Crippen LogP contribution in [0.4, 0.5) is 4.39 Å². The van der Waals surface area contributed by atoms with Crippen LogP contribution in [0.1, 0.15) is 22.5 Å². The van der Waals surface area contributed by atoms with Gasteiger partial charge in [0.25, 0.3) is 0 Å². The summed E-state index contributed by atoms with van der Waals surface area (Å²) in [5, 5.41) is 1.77. The van der Waals surface area contributed by atoms with Gasteiger partial charge in [0.05, 0.1) is 0 Å². The smallest absolute Gasteiger partial charge is 0.303 e. The minimum absolute atomic E-state index is 0.0561. The molecule has 0 fully saturated rings. The third kappa shape index (κ3) is 2.73. The molecule has 0 aliphatic rings. The molecule has 0 amide bonds. The number of carbonyl (C=O) groups is 1. The monoisotopic (exact) mass is 265 g/mol. The van der Waals surface area contributed by atoms with E-state index in [1.54, 1.807) is 9.95 Å². The number of halogens is 1. The van der Waals surface area contributed by atoms with Crippen molar-refractivity contribution >= 4 is 17.1 Å². The summed E-state index contributed by atoms with van der Waals surface area (Å²) in [5.41, 5.74) is 1.33. The largest absolute Gasteiger partial charge is 0.307 e. The molecule has 0 bridgehead atoms. The van der Waals surface area contributed by atoms with E-state index in [9.17, 15) is 14.0 Å². The van der Waals surface area contributed by atoms with Crippen LogP contribution in [0.15, 0.2) is 34.4 Å². The normalized spacial score (nSPS) is 10.6. The molecule has 2 rings (SSSR count). The summed E-state index contributed by atoms with van der Waals surface area (Å²) in [4.78, 5) is 23.2. The van der Waals surface area contributed by atoms with E-state index in [0.29, 0.717) is 12.1 Å². The Morgan fingerprint density at radius 1 is 1.33 bits per heavy atom. The molecule has 0 saturated heterocycles. The maximum Gasteiger partial charge on any atom is 0.307 e. The zero-order chi connectivity index (χ0) is 13.1. The maximum absolute atomic E-state index is 12.7. The topological polar surface area (TPSA) is 39.1 Å². The number of benzene rings is 1. The van der Waals surface area contributed by atoms with Crippen molar-refractivity contribution in [1.82, 2.24) is 4.57 Å². The molecule has 1 heterocycles. The van der Waals surface area contributed by atoms with Gasteiger partial charge in [0.2, 0.25) is 0 Å². The van der Waals surface area contributed by atoms with Gasteiger partial charge in [-0.1, -0.05) is 11.3 Å². The van der Waals surface area contributed by atoms with Gasteiger partial charge in [0.15, 0.2) is 5.78 Å². The van der Waals surface area contributed by atoms with E-state index in [1.165, 1.54) is 24.3 Å². The van der Waals surface area contributed by atoms with Gasteiger partial charge in [-0.25, -0.2) is 4.39 Å². The molecule has 0 saturated carbocycles. The summed E-state index contributed by atoms with van der Waals surface area (Å²) < 4.78 is 14.3. The lowest BCUT2D eigenvalue weighted by Gasteiger charge is -2.04. The van der Waals surface area contributed by atoms with E-state index < -0.39 is 0 Å². The number of thiazole rings is 1. The number of carbonyl (C=O) groups excluding carboxylic acids is 1. The number of hydrogen-bond donors (Lipinski definition) is 0. The molecular weight excluding hydrogens is 253 g/mol. The Labute approximate surface area is 108 Å². The quantitative estimate of drug-likeness (QED) is 0.797. The Hall–Kier alpha value is -1.75. The Bertz CT molecular complexity index is 613. The Morgan fingerprint density at radius 2 is 2.00 bits per heavy atom. The van der Waals surface area contributed by atoms with E-state index >= 15 is 0 Å². The summed E-state index contributed by atoms with van der Waals surface area (Å²) in [6.45, 7) is 2.20. The van der Waals surface area contributed by atoms with Crippen LogP contribution in [-0.4, -0.2) is 10.4 Å². The van der Waals surface area contributed by atoms with Crippen LogP contribution in [0.25, 0.3) is 0 Å². The molecule has 1 aromatic heterocycles. The first-order valence-electron chi connectivity index (χ1n) is 5.51. The molecule has 0 spiro atoms. The van der Waals surface area contributed by atoms with Crippen molar-refractivity contribution < 1.29 is 9.18 Å². The van der Waals surface area contributed by atoms with Crippen LogP contribution >= 0.6 is 11.3 Å². The van der Waals surface area contributed by atoms with E-state index in [2.05, 4.69) is 0 Å². The van der Waals surface area contributed by atoms with Crippen LogP contribution in [0.5, 0.6) is 0 Å². The first-order chi connectivity index (χ1) is 8.58. The lowest BCUT2D eigenvalue weighted by molar-refractivity contribution is 0.0976. The SMILES string of the molecule is Cc1csc(=O)n1CCC(=O)c1ccc(F)cc1. The summed E-state index contributed by atoms with van der Waals surface area (Å²) >= 11 is 1.13. The van der Waals surface area contributed by atoms with Gasteiger partial charge in [-0.05, 0) is 31.2 Å². The molecule has 1 aromatic carbocycles. The maximum atomic E-state index is 12.7. The van der Waals surface area contributed by atoms with Crippen LogP contribution in [0.2, 0.25) is 0 Å². The van der Waals surface area contributed by atoms with Gasteiger partial charge in [-0.3, -0.25) is 9.59 Å². The number of Topliss-reactive ketones (excluding diaryl/α,β-unsaturated/α-hetero) is 1. The second kappa shape index (κ2) is 5.27.